The third-order valence-corrected chi connectivity index (χ3v) is 2.69. The molecule has 1 aromatic rings. The molecule has 0 atom stereocenters. The van der Waals surface area contributed by atoms with Crippen LogP contribution in [0.1, 0.15) is 11.4 Å². The van der Waals surface area contributed by atoms with E-state index >= 15 is 0 Å². The molecule has 18 heavy (non-hydrogen) atoms. The first-order chi connectivity index (χ1) is 8.58. The van der Waals surface area contributed by atoms with Crippen molar-refractivity contribution in [2.75, 3.05) is 25.0 Å². The molecule has 0 aliphatic carbocycles. The minimum Gasteiger partial charge on any atom is -0.395 e. The van der Waals surface area contributed by atoms with E-state index in [1.807, 2.05) is 0 Å². The van der Waals surface area contributed by atoms with Crippen LogP contribution in [0.15, 0.2) is 12.7 Å². The second-order valence-electron chi connectivity index (χ2n) is 3.13. The van der Waals surface area contributed by atoms with Gasteiger partial charge in [-0.2, -0.15) is 0 Å². The van der Waals surface area contributed by atoms with Crippen molar-refractivity contribution in [3.8, 4) is 0 Å². The maximum atomic E-state index is 12.3. The van der Waals surface area contributed by atoms with Crippen LogP contribution in [0, 0.1) is 0 Å². The van der Waals surface area contributed by atoms with Gasteiger partial charge in [-0.15, -0.1) is 16.8 Å². The molecule has 0 fully saturated rings. The number of nitrogens with one attached hydrogen (secondary N) is 1. The fraction of sp³-hybridized carbons (Fsp3) is 0.444. The van der Waals surface area contributed by atoms with Crippen molar-refractivity contribution in [3.05, 3.63) is 17.7 Å². The molecule has 9 heteroatoms. The number of nitrogens with zero attached hydrogens (tertiary/aromatic N) is 3. The molecule has 0 saturated carbocycles. The normalized spacial score (nSPS) is 10.4. The van der Waals surface area contributed by atoms with Gasteiger partial charge >= 0.3 is 6.03 Å². The van der Waals surface area contributed by atoms with Crippen LogP contribution >= 0.6 is 11.3 Å². The number of rotatable bonds is 6. The largest absolute Gasteiger partial charge is 0.395 e. The van der Waals surface area contributed by atoms with E-state index in [-0.39, 0.29) is 24.8 Å². The fourth-order valence-electron chi connectivity index (χ4n) is 1.10. The SMILES string of the molecule is C=CCN(CCO)C(=O)Nc1nnc(C(F)F)s1. The minimum absolute atomic E-state index is 0.0118. The lowest BCUT2D eigenvalue weighted by Gasteiger charge is -2.19. The van der Waals surface area contributed by atoms with Gasteiger partial charge in [0.05, 0.1) is 6.61 Å². The quantitative estimate of drug-likeness (QED) is 0.773. The number of amides is 2. The first-order valence-corrected chi connectivity index (χ1v) is 5.79. The van der Waals surface area contributed by atoms with Crippen LogP contribution in [0.25, 0.3) is 0 Å². The van der Waals surface area contributed by atoms with Gasteiger partial charge in [-0.3, -0.25) is 5.32 Å². The summed E-state index contributed by atoms with van der Waals surface area (Å²) in [6, 6.07) is -0.555. The van der Waals surface area contributed by atoms with Gasteiger partial charge in [-0.05, 0) is 0 Å². The van der Waals surface area contributed by atoms with Gasteiger partial charge < -0.3 is 10.0 Å². The zero-order valence-electron chi connectivity index (χ0n) is 9.34. The summed E-state index contributed by atoms with van der Waals surface area (Å²) in [6.45, 7) is 3.60. The molecule has 0 saturated heterocycles. The van der Waals surface area contributed by atoms with E-state index in [0.717, 1.165) is 0 Å². The molecule has 0 aromatic carbocycles. The highest BCUT2D eigenvalue weighted by Gasteiger charge is 2.17. The summed E-state index contributed by atoms with van der Waals surface area (Å²) in [5, 5.41) is 17.3. The summed E-state index contributed by atoms with van der Waals surface area (Å²) in [6.07, 6.45) is -1.23. The van der Waals surface area contributed by atoms with Crippen LogP contribution < -0.4 is 5.32 Å². The lowest BCUT2D eigenvalue weighted by Crippen LogP contribution is -2.37. The van der Waals surface area contributed by atoms with Gasteiger partial charge in [0, 0.05) is 13.1 Å². The Labute approximate surface area is 106 Å². The van der Waals surface area contributed by atoms with Crippen molar-refractivity contribution in [3.63, 3.8) is 0 Å². The molecular formula is C9H12F2N4O2S. The molecule has 2 N–H and O–H groups in total. The molecule has 1 heterocycles. The van der Waals surface area contributed by atoms with Crippen LogP contribution in [0.4, 0.5) is 18.7 Å². The lowest BCUT2D eigenvalue weighted by molar-refractivity contribution is 0.150. The second kappa shape index (κ2) is 6.97. The van der Waals surface area contributed by atoms with E-state index in [9.17, 15) is 13.6 Å². The Morgan fingerprint density at radius 2 is 2.33 bits per heavy atom. The fourth-order valence-corrected chi connectivity index (χ4v) is 1.68. The third-order valence-electron chi connectivity index (χ3n) is 1.85. The number of halogens is 2. The van der Waals surface area contributed by atoms with Gasteiger partial charge in [-0.25, -0.2) is 13.6 Å². The topological polar surface area (TPSA) is 78.4 Å². The van der Waals surface area contributed by atoms with Gasteiger partial charge in [0.2, 0.25) is 5.13 Å². The van der Waals surface area contributed by atoms with E-state index in [0.29, 0.717) is 11.3 Å². The molecule has 100 valence electrons. The Hall–Kier alpha value is -1.61. The number of aliphatic hydroxyl groups excluding tert-OH is 1. The first kappa shape index (κ1) is 14.5. The van der Waals surface area contributed by atoms with Crippen molar-refractivity contribution in [2.45, 2.75) is 6.43 Å². The maximum Gasteiger partial charge on any atom is 0.324 e. The van der Waals surface area contributed by atoms with Crippen molar-refractivity contribution in [1.82, 2.24) is 15.1 Å². The lowest BCUT2D eigenvalue weighted by atomic mass is 10.5. The van der Waals surface area contributed by atoms with E-state index in [4.69, 9.17) is 5.11 Å². The Morgan fingerprint density at radius 1 is 1.61 bits per heavy atom. The van der Waals surface area contributed by atoms with Crippen LogP contribution in [-0.2, 0) is 0 Å². The number of carbonyl (C=O) groups is 1. The van der Waals surface area contributed by atoms with E-state index in [1.165, 1.54) is 11.0 Å². The first-order valence-electron chi connectivity index (χ1n) is 4.97. The van der Waals surface area contributed by atoms with Crippen molar-refractivity contribution in [1.29, 1.82) is 0 Å². The second-order valence-corrected chi connectivity index (χ2v) is 4.14. The van der Waals surface area contributed by atoms with Gasteiger partial charge in [0.15, 0.2) is 5.01 Å². The highest BCUT2D eigenvalue weighted by atomic mass is 32.1. The third kappa shape index (κ3) is 4.00. The molecule has 0 spiro atoms. The predicted molar refractivity (Wildman–Crippen MR) is 62.7 cm³/mol. The molecular weight excluding hydrogens is 266 g/mol. The van der Waals surface area contributed by atoms with Crippen LogP contribution in [0.2, 0.25) is 0 Å². The molecule has 6 nitrogen and oxygen atoms in total. The number of alkyl halides is 2. The standard InChI is InChI=1S/C9H12F2N4O2S/c1-2-3-15(4-5-16)9(17)12-8-14-13-7(18-8)6(10)11/h2,6,16H,1,3-5H2,(H,12,14,17). The smallest absolute Gasteiger partial charge is 0.324 e. The number of aromatic nitrogens is 2. The van der Waals surface area contributed by atoms with Crippen LogP contribution in [0.5, 0.6) is 0 Å². The minimum atomic E-state index is -2.71. The van der Waals surface area contributed by atoms with Gasteiger partial charge in [-0.1, -0.05) is 17.4 Å². The van der Waals surface area contributed by atoms with Gasteiger partial charge in [0.1, 0.15) is 0 Å². The van der Waals surface area contributed by atoms with E-state index in [1.54, 1.807) is 0 Å². The molecule has 0 unspecified atom stereocenters. The predicted octanol–water partition coefficient (Wildman–Crippen LogP) is 1.49. The summed E-state index contributed by atoms with van der Waals surface area (Å²) < 4.78 is 24.5. The average molecular weight is 278 g/mol. The molecule has 1 aromatic heterocycles. The summed E-state index contributed by atoms with van der Waals surface area (Å²) >= 11 is 0.604. The zero-order valence-corrected chi connectivity index (χ0v) is 10.2. The number of aliphatic hydroxyl groups is 1. The molecule has 0 aliphatic rings. The molecule has 2 amide bonds. The van der Waals surface area contributed by atoms with Gasteiger partial charge in [0.25, 0.3) is 6.43 Å². The number of urea groups is 1. The molecule has 1 rings (SSSR count). The van der Waals surface area contributed by atoms with Crippen LogP contribution in [0.3, 0.4) is 0 Å². The van der Waals surface area contributed by atoms with E-state index < -0.39 is 17.5 Å². The average Bonchev–Trinajstić information content (AvgIpc) is 2.77. The highest BCUT2D eigenvalue weighted by molar-refractivity contribution is 7.15. The number of hydrogen-bond donors (Lipinski definition) is 2. The summed E-state index contributed by atoms with van der Waals surface area (Å²) in [7, 11) is 0. The molecule has 0 bridgehead atoms. The maximum absolute atomic E-state index is 12.3. The Morgan fingerprint density at radius 3 is 2.83 bits per heavy atom. The Bertz CT molecular complexity index is 413. The van der Waals surface area contributed by atoms with Crippen molar-refractivity contribution < 1.29 is 18.7 Å². The van der Waals surface area contributed by atoms with Crippen molar-refractivity contribution >= 4 is 22.5 Å². The molecule has 0 aliphatic heterocycles. The van der Waals surface area contributed by atoms with Crippen LogP contribution in [-0.4, -0.2) is 45.9 Å². The summed E-state index contributed by atoms with van der Waals surface area (Å²) in [5.74, 6) is 0. The highest BCUT2D eigenvalue weighted by Crippen LogP contribution is 2.25. The summed E-state index contributed by atoms with van der Waals surface area (Å²) in [5.41, 5.74) is 0. The van der Waals surface area contributed by atoms with Crippen molar-refractivity contribution in [2.24, 2.45) is 0 Å². The van der Waals surface area contributed by atoms with E-state index in [2.05, 4.69) is 22.1 Å². The zero-order chi connectivity index (χ0) is 13.5. The monoisotopic (exact) mass is 278 g/mol. The number of carbonyl (C=O) groups excluding carboxylic acids is 1. The number of hydrogen-bond acceptors (Lipinski definition) is 5. The number of anilines is 1. The Balaban J connectivity index is 2.63. The molecule has 0 radical (unpaired) electrons. The summed E-state index contributed by atoms with van der Waals surface area (Å²) in [4.78, 5) is 12.9. The Kier molecular flexibility index (Phi) is 5.59.